The predicted octanol–water partition coefficient (Wildman–Crippen LogP) is 3.12. The molecule has 5 heteroatoms. The van der Waals surface area contributed by atoms with Gasteiger partial charge in [0.1, 0.15) is 0 Å². The van der Waals surface area contributed by atoms with Gasteiger partial charge < -0.3 is 5.11 Å². The molecule has 0 aromatic heterocycles. The fourth-order valence-electron chi connectivity index (χ4n) is 2.10. The molecule has 0 saturated heterocycles. The summed E-state index contributed by atoms with van der Waals surface area (Å²) in [5.41, 5.74) is 1.56. The van der Waals surface area contributed by atoms with Gasteiger partial charge in [0.15, 0.2) is 9.84 Å². The van der Waals surface area contributed by atoms with E-state index in [1.54, 1.807) is 50.2 Å². The summed E-state index contributed by atoms with van der Waals surface area (Å²) in [6.45, 7) is 3.32. The van der Waals surface area contributed by atoms with E-state index in [1.165, 1.54) is 6.26 Å². The molecule has 0 amide bonds. The molecule has 2 aromatic rings. The predicted molar refractivity (Wildman–Crippen MR) is 85.6 cm³/mol. The molecular weight excluding hydrogens is 300 g/mol. The summed E-state index contributed by atoms with van der Waals surface area (Å²) < 4.78 is 22.9. The van der Waals surface area contributed by atoms with E-state index in [2.05, 4.69) is 0 Å². The third-order valence-corrected chi connectivity index (χ3v) is 4.89. The third-order valence-electron chi connectivity index (χ3n) is 3.76. The van der Waals surface area contributed by atoms with Gasteiger partial charge in [0.25, 0.3) is 0 Å². The maximum Gasteiger partial charge on any atom is 0.313 e. The molecular formula is C17H18O4S. The minimum absolute atomic E-state index is 0.278. The fourth-order valence-corrected chi connectivity index (χ4v) is 2.73. The smallest absolute Gasteiger partial charge is 0.313 e. The zero-order valence-electron chi connectivity index (χ0n) is 12.7. The van der Waals surface area contributed by atoms with Crippen LogP contribution in [0.4, 0.5) is 0 Å². The van der Waals surface area contributed by atoms with Gasteiger partial charge in [-0.1, -0.05) is 36.4 Å². The van der Waals surface area contributed by atoms with Crippen LogP contribution in [0, 0.1) is 0 Å². The van der Waals surface area contributed by atoms with Crippen LogP contribution in [0.25, 0.3) is 11.1 Å². The standard InChI is InChI=1S/C17H18O4S/c1-17(2,16(18)19)14-8-4-12(5-9-14)13-6-10-15(11-7-13)22(3,20)21/h4-11H,1-3H3,(H,18,19). The van der Waals surface area contributed by atoms with E-state index in [0.717, 1.165) is 16.7 Å². The van der Waals surface area contributed by atoms with Crippen LogP contribution in [0.1, 0.15) is 19.4 Å². The van der Waals surface area contributed by atoms with Crippen LogP contribution < -0.4 is 0 Å². The average Bonchev–Trinajstić information content (AvgIpc) is 2.46. The number of carboxylic acids is 1. The van der Waals surface area contributed by atoms with E-state index in [0.29, 0.717) is 0 Å². The maximum atomic E-state index is 11.4. The molecule has 0 radical (unpaired) electrons. The van der Waals surface area contributed by atoms with Gasteiger partial charge >= 0.3 is 5.97 Å². The molecule has 0 spiro atoms. The normalized spacial score (nSPS) is 12.1. The Bertz CT molecular complexity index is 786. The molecule has 0 atom stereocenters. The van der Waals surface area contributed by atoms with E-state index in [-0.39, 0.29) is 4.90 Å². The fraction of sp³-hybridized carbons (Fsp3) is 0.235. The molecule has 0 bridgehead atoms. The van der Waals surface area contributed by atoms with Crippen molar-refractivity contribution in [1.82, 2.24) is 0 Å². The lowest BCUT2D eigenvalue weighted by molar-refractivity contribution is -0.142. The highest BCUT2D eigenvalue weighted by molar-refractivity contribution is 7.90. The second-order valence-corrected chi connectivity index (χ2v) is 7.82. The first kappa shape index (κ1) is 16.2. The molecule has 0 aliphatic rings. The van der Waals surface area contributed by atoms with Crippen molar-refractivity contribution in [3.8, 4) is 11.1 Å². The lowest BCUT2D eigenvalue weighted by Gasteiger charge is -2.19. The molecule has 22 heavy (non-hydrogen) atoms. The quantitative estimate of drug-likeness (QED) is 0.940. The Morgan fingerprint density at radius 1 is 0.909 bits per heavy atom. The van der Waals surface area contributed by atoms with Crippen molar-refractivity contribution in [3.05, 3.63) is 54.1 Å². The van der Waals surface area contributed by atoms with Crippen molar-refractivity contribution in [2.24, 2.45) is 0 Å². The van der Waals surface area contributed by atoms with E-state index < -0.39 is 21.2 Å². The number of carboxylic acid groups (broad SMARTS) is 1. The SMILES string of the molecule is CC(C)(C(=O)O)c1ccc(-c2ccc(S(C)(=O)=O)cc2)cc1. The van der Waals surface area contributed by atoms with E-state index in [9.17, 15) is 18.3 Å². The van der Waals surface area contributed by atoms with Crippen molar-refractivity contribution in [3.63, 3.8) is 0 Å². The molecule has 0 fully saturated rings. The Hall–Kier alpha value is -2.14. The minimum atomic E-state index is -3.20. The van der Waals surface area contributed by atoms with Gasteiger partial charge in [0.05, 0.1) is 10.3 Å². The number of benzene rings is 2. The highest BCUT2D eigenvalue weighted by Crippen LogP contribution is 2.27. The highest BCUT2D eigenvalue weighted by atomic mass is 32.2. The van der Waals surface area contributed by atoms with Crippen molar-refractivity contribution in [2.45, 2.75) is 24.2 Å². The summed E-state index contributed by atoms with van der Waals surface area (Å²) in [6, 6.07) is 13.9. The summed E-state index contributed by atoms with van der Waals surface area (Å²) >= 11 is 0. The maximum absolute atomic E-state index is 11.4. The molecule has 0 aliphatic carbocycles. The molecule has 2 rings (SSSR count). The zero-order valence-corrected chi connectivity index (χ0v) is 13.5. The Morgan fingerprint density at radius 3 is 1.68 bits per heavy atom. The molecule has 1 N–H and O–H groups in total. The first-order chi connectivity index (χ1) is 10.1. The van der Waals surface area contributed by atoms with Gasteiger partial charge in [-0.25, -0.2) is 8.42 Å². The van der Waals surface area contributed by atoms with Crippen molar-refractivity contribution in [1.29, 1.82) is 0 Å². The molecule has 0 heterocycles. The second-order valence-electron chi connectivity index (χ2n) is 5.80. The first-order valence-corrected chi connectivity index (χ1v) is 8.66. The molecule has 0 saturated carbocycles. The Labute approximate surface area is 130 Å². The average molecular weight is 318 g/mol. The monoisotopic (exact) mass is 318 g/mol. The number of hydrogen-bond donors (Lipinski definition) is 1. The van der Waals surface area contributed by atoms with Gasteiger partial charge in [-0.3, -0.25) is 4.79 Å². The van der Waals surface area contributed by atoms with Gasteiger partial charge in [-0.15, -0.1) is 0 Å². The van der Waals surface area contributed by atoms with Crippen LogP contribution in [0.5, 0.6) is 0 Å². The van der Waals surface area contributed by atoms with Crippen LogP contribution in [-0.2, 0) is 20.0 Å². The second kappa shape index (κ2) is 5.57. The van der Waals surface area contributed by atoms with Gasteiger partial charge in [-0.05, 0) is 42.7 Å². The number of carbonyl (C=O) groups is 1. The minimum Gasteiger partial charge on any atom is -0.481 e. The van der Waals surface area contributed by atoms with Crippen molar-refractivity contribution in [2.75, 3.05) is 6.26 Å². The number of sulfone groups is 1. The van der Waals surface area contributed by atoms with Crippen LogP contribution in [0.2, 0.25) is 0 Å². The highest BCUT2D eigenvalue weighted by Gasteiger charge is 2.29. The van der Waals surface area contributed by atoms with Crippen LogP contribution in [-0.4, -0.2) is 25.7 Å². The first-order valence-electron chi connectivity index (χ1n) is 6.77. The topological polar surface area (TPSA) is 71.4 Å². The Kier molecular flexibility index (Phi) is 4.11. The Morgan fingerprint density at radius 2 is 1.32 bits per heavy atom. The van der Waals surface area contributed by atoms with E-state index >= 15 is 0 Å². The summed E-state index contributed by atoms with van der Waals surface area (Å²) in [5, 5.41) is 9.23. The number of rotatable bonds is 4. The van der Waals surface area contributed by atoms with Crippen LogP contribution >= 0.6 is 0 Å². The lowest BCUT2D eigenvalue weighted by Crippen LogP contribution is -2.28. The summed E-state index contributed by atoms with van der Waals surface area (Å²) in [6.07, 6.45) is 1.17. The summed E-state index contributed by atoms with van der Waals surface area (Å²) in [7, 11) is -3.20. The zero-order chi connectivity index (χ0) is 16.5. The molecule has 0 unspecified atom stereocenters. The number of hydrogen-bond acceptors (Lipinski definition) is 3. The summed E-state index contributed by atoms with van der Waals surface area (Å²) in [4.78, 5) is 11.5. The molecule has 4 nitrogen and oxygen atoms in total. The number of aliphatic carboxylic acids is 1. The third kappa shape index (κ3) is 3.20. The van der Waals surface area contributed by atoms with Crippen LogP contribution in [0.15, 0.2) is 53.4 Å². The van der Waals surface area contributed by atoms with E-state index in [1.807, 2.05) is 12.1 Å². The van der Waals surface area contributed by atoms with Crippen LogP contribution in [0.3, 0.4) is 0 Å². The molecule has 0 aliphatic heterocycles. The lowest BCUT2D eigenvalue weighted by atomic mass is 9.84. The Balaban J connectivity index is 2.34. The van der Waals surface area contributed by atoms with Gasteiger partial charge in [-0.2, -0.15) is 0 Å². The van der Waals surface area contributed by atoms with E-state index in [4.69, 9.17) is 0 Å². The van der Waals surface area contributed by atoms with Gasteiger partial charge in [0.2, 0.25) is 0 Å². The van der Waals surface area contributed by atoms with Crippen molar-refractivity contribution >= 4 is 15.8 Å². The largest absolute Gasteiger partial charge is 0.481 e. The molecule has 2 aromatic carbocycles. The van der Waals surface area contributed by atoms with Gasteiger partial charge in [0, 0.05) is 6.26 Å². The van der Waals surface area contributed by atoms with Crippen molar-refractivity contribution < 1.29 is 18.3 Å². The summed E-state index contributed by atoms with van der Waals surface area (Å²) in [5.74, 6) is -0.877. The molecule has 116 valence electrons.